The van der Waals surface area contributed by atoms with Gasteiger partial charge in [-0.3, -0.25) is 0 Å². The van der Waals surface area contributed by atoms with Gasteiger partial charge in [-0.1, -0.05) is 19.8 Å². The minimum Gasteiger partial charge on any atom is -0.303 e. The van der Waals surface area contributed by atoms with Gasteiger partial charge in [-0.05, 0) is 24.7 Å². The van der Waals surface area contributed by atoms with Crippen LogP contribution in [0.5, 0.6) is 0 Å². The number of hydrogen-bond donors (Lipinski definition) is 0. The number of carbonyl (C=O) groups excluding carboxylic acids is 1. The zero-order valence-electron chi connectivity index (χ0n) is 6.73. The lowest BCUT2D eigenvalue weighted by atomic mass is 9.84. The lowest BCUT2D eigenvalue weighted by Crippen LogP contribution is -2.10. The summed E-state index contributed by atoms with van der Waals surface area (Å²) in [6.45, 7) is 2.31. The number of carbonyl (C=O) groups is 1. The monoisotopic (exact) mass is 140 g/mol. The van der Waals surface area contributed by atoms with Crippen LogP contribution in [0, 0.1) is 5.41 Å². The minimum atomic E-state index is 0.515. The highest BCUT2D eigenvalue weighted by Crippen LogP contribution is 2.40. The first-order valence-electron chi connectivity index (χ1n) is 4.20. The first-order valence-corrected chi connectivity index (χ1v) is 4.20. The molecular formula is C9H16O. The molecule has 0 aromatic rings. The second-order valence-electron chi connectivity index (χ2n) is 3.72. The van der Waals surface area contributed by atoms with Crippen LogP contribution in [-0.4, -0.2) is 6.29 Å². The quantitative estimate of drug-likeness (QED) is 0.550. The van der Waals surface area contributed by atoms with E-state index in [9.17, 15) is 4.79 Å². The molecule has 0 N–H and O–H groups in total. The van der Waals surface area contributed by atoms with E-state index in [4.69, 9.17) is 0 Å². The second-order valence-corrected chi connectivity index (χ2v) is 3.72. The lowest BCUT2D eigenvalue weighted by Gasteiger charge is -2.21. The number of rotatable bonds is 3. The molecule has 58 valence electrons. The average Bonchev–Trinajstić information content (AvgIpc) is 2.33. The Morgan fingerprint density at radius 1 is 1.40 bits per heavy atom. The van der Waals surface area contributed by atoms with Crippen molar-refractivity contribution in [2.75, 3.05) is 0 Å². The Hall–Kier alpha value is -0.330. The fourth-order valence-electron chi connectivity index (χ4n) is 1.89. The van der Waals surface area contributed by atoms with E-state index < -0.39 is 0 Å². The van der Waals surface area contributed by atoms with Crippen molar-refractivity contribution < 1.29 is 4.79 Å². The summed E-state index contributed by atoms with van der Waals surface area (Å²) in [5.41, 5.74) is 0.515. The predicted octanol–water partition coefficient (Wildman–Crippen LogP) is 2.55. The predicted molar refractivity (Wildman–Crippen MR) is 41.9 cm³/mol. The summed E-state index contributed by atoms with van der Waals surface area (Å²) < 4.78 is 0. The standard InChI is InChI=1S/C9H16O/c1-9(7-4-8-10)5-2-3-6-9/h8H,2-7H2,1H3. The molecule has 10 heavy (non-hydrogen) atoms. The molecule has 1 nitrogen and oxygen atoms in total. The van der Waals surface area contributed by atoms with Crippen molar-refractivity contribution in [1.29, 1.82) is 0 Å². The third-order valence-corrected chi connectivity index (χ3v) is 2.68. The van der Waals surface area contributed by atoms with E-state index in [0.29, 0.717) is 5.41 Å². The Morgan fingerprint density at radius 3 is 2.50 bits per heavy atom. The van der Waals surface area contributed by atoms with Crippen LogP contribution >= 0.6 is 0 Å². The van der Waals surface area contributed by atoms with Gasteiger partial charge in [0.05, 0.1) is 0 Å². The normalized spacial score (nSPS) is 22.9. The summed E-state index contributed by atoms with van der Waals surface area (Å²) in [6.07, 6.45) is 8.32. The Labute approximate surface area is 62.8 Å². The van der Waals surface area contributed by atoms with Gasteiger partial charge in [-0.2, -0.15) is 0 Å². The molecule has 0 atom stereocenters. The van der Waals surface area contributed by atoms with Gasteiger partial charge in [0.15, 0.2) is 0 Å². The number of hydrogen-bond acceptors (Lipinski definition) is 1. The van der Waals surface area contributed by atoms with Crippen LogP contribution in [0.25, 0.3) is 0 Å². The Balaban J connectivity index is 2.28. The molecule has 1 aliphatic carbocycles. The topological polar surface area (TPSA) is 17.1 Å². The fourth-order valence-corrected chi connectivity index (χ4v) is 1.89. The smallest absolute Gasteiger partial charge is 0.120 e. The van der Waals surface area contributed by atoms with Gasteiger partial charge in [-0.15, -0.1) is 0 Å². The zero-order chi connectivity index (χ0) is 7.45. The molecule has 0 bridgehead atoms. The van der Waals surface area contributed by atoms with Crippen molar-refractivity contribution in [3.05, 3.63) is 0 Å². The van der Waals surface area contributed by atoms with Crippen molar-refractivity contribution in [2.24, 2.45) is 5.41 Å². The Bertz CT molecular complexity index is 112. The van der Waals surface area contributed by atoms with Crippen LogP contribution < -0.4 is 0 Å². The highest BCUT2D eigenvalue weighted by molar-refractivity contribution is 5.49. The van der Waals surface area contributed by atoms with Crippen LogP contribution in [-0.2, 0) is 4.79 Å². The van der Waals surface area contributed by atoms with Gasteiger partial charge in [-0.25, -0.2) is 0 Å². The molecule has 1 heteroatoms. The Morgan fingerprint density at radius 2 is 2.00 bits per heavy atom. The van der Waals surface area contributed by atoms with Crippen LogP contribution in [0.3, 0.4) is 0 Å². The largest absolute Gasteiger partial charge is 0.303 e. The van der Waals surface area contributed by atoms with Gasteiger partial charge in [0, 0.05) is 6.42 Å². The highest BCUT2D eigenvalue weighted by atomic mass is 16.1. The zero-order valence-corrected chi connectivity index (χ0v) is 6.73. The van der Waals surface area contributed by atoms with Crippen LogP contribution in [0.2, 0.25) is 0 Å². The van der Waals surface area contributed by atoms with Gasteiger partial charge in [0.2, 0.25) is 0 Å². The maximum Gasteiger partial charge on any atom is 0.120 e. The van der Waals surface area contributed by atoms with Crippen molar-refractivity contribution in [3.8, 4) is 0 Å². The van der Waals surface area contributed by atoms with Gasteiger partial charge in [0.1, 0.15) is 6.29 Å². The second kappa shape index (κ2) is 3.18. The molecule has 1 aliphatic rings. The molecule has 1 fully saturated rings. The van der Waals surface area contributed by atoms with Gasteiger partial charge < -0.3 is 4.79 Å². The maximum atomic E-state index is 10.1. The van der Waals surface area contributed by atoms with E-state index in [-0.39, 0.29) is 0 Å². The molecule has 0 saturated heterocycles. The molecule has 0 unspecified atom stereocenters. The summed E-state index contributed by atoms with van der Waals surface area (Å²) in [4.78, 5) is 10.1. The first-order chi connectivity index (χ1) is 4.77. The van der Waals surface area contributed by atoms with Crippen molar-refractivity contribution in [3.63, 3.8) is 0 Å². The van der Waals surface area contributed by atoms with E-state index in [2.05, 4.69) is 6.92 Å². The summed E-state index contributed by atoms with van der Waals surface area (Å²) in [7, 11) is 0. The summed E-state index contributed by atoms with van der Waals surface area (Å²) in [5, 5.41) is 0. The molecule has 1 rings (SSSR count). The molecular weight excluding hydrogens is 124 g/mol. The van der Waals surface area contributed by atoms with E-state index >= 15 is 0 Å². The Kier molecular flexibility index (Phi) is 2.47. The van der Waals surface area contributed by atoms with Crippen LogP contribution in [0.1, 0.15) is 45.4 Å². The van der Waals surface area contributed by atoms with Crippen LogP contribution in [0.4, 0.5) is 0 Å². The van der Waals surface area contributed by atoms with E-state index in [0.717, 1.165) is 19.1 Å². The fraction of sp³-hybridized carbons (Fsp3) is 0.889. The van der Waals surface area contributed by atoms with Crippen LogP contribution in [0.15, 0.2) is 0 Å². The average molecular weight is 140 g/mol. The third-order valence-electron chi connectivity index (χ3n) is 2.68. The maximum absolute atomic E-state index is 10.1. The molecule has 0 aromatic carbocycles. The molecule has 0 aromatic heterocycles. The SMILES string of the molecule is CC1(CCC=O)CCCC1. The third kappa shape index (κ3) is 1.83. The van der Waals surface area contributed by atoms with Gasteiger partial charge >= 0.3 is 0 Å². The summed E-state index contributed by atoms with van der Waals surface area (Å²) >= 11 is 0. The van der Waals surface area contributed by atoms with Gasteiger partial charge in [0.25, 0.3) is 0 Å². The molecule has 0 radical (unpaired) electrons. The molecule has 0 spiro atoms. The van der Waals surface area contributed by atoms with E-state index in [1.807, 2.05) is 0 Å². The molecule has 0 amide bonds. The van der Waals surface area contributed by atoms with Crippen molar-refractivity contribution in [1.82, 2.24) is 0 Å². The highest BCUT2D eigenvalue weighted by Gasteiger charge is 2.27. The lowest BCUT2D eigenvalue weighted by molar-refractivity contribution is -0.108. The number of aldehydes is 1. The van der Waals surface area contributed by atoms with E-state index in [1.165, 1.54) is 25.7 Å². The van der Waals surface area contributed by atoms with Crippen molar-refractivity contribution in [2.45, 2.75) is 45.4 Å². The van der Waals surface area contributed by atoms with E-state index in [1.54, 1.807) is 0 Å². The minimum absolute atomic E-state index is 0.515. The summed E-state index contributed by atoms with van der Waals surface area (Å²) in [5.74, 6) is 0. The molecule has 0 heterocycles. The van der Waals surface area contributed by atoms with Crippen molar-refractivity contribution >= 4 is 6.29 Å². The molecule has 1 saturated carbocycles. The molecule has 0 aliphatic heterocycles. The summed E-state index contributed by atoms with van der Waals surface area (Å²) in [6, 6.07) is 0. The first kappa shape index (κ1) is 7.77.